The lowest BCUT2D eigenvalue weighted by atomic mass is 10.1. The molecule has 2 aromatic carbocycles. The number of anilines is 1. The van der Waals surface area contributed by atoms with Crippen molar-refractivity contribution in [2.24, 2.45) is 0 Å². The predicted octanol–water partition coefficient (Wildman–Crippen LogP) is 3.49. The Kier molecular flexibility index (Phi) is 5.76. The van der Waals surface area contributed by atoms with Gasteiger partial charge in [-0.1, -0.05) is 42.5 Å². The lowest BCUT2D eigenvalue weighted by Crippen LogP contribution is -2.54. The first-order valence-corrected chi connectivity index (χ1v) is 10.5. The van der Waals surface area contributed by atoms with Gasteiger partial charge in [0.1, 0.15) is 11.6 Å². The van der Waals surface area contributed by atoms with Crippen LogP contribution in [0.1, 0.15) is 28.7 Å². The second-order valence-electron chi connectivity index (χ2n) is 7.15. The molecule has 4 rings (SSSR count). The van der Waals surface area contributed by atoms with Crippen LogP contribution in [0, 0.1) is 0 Å². The summed E-state index contributed by atoms with van der Waals surface area (Å²) in [5.74, 6) is 1.47. The molecule has 2 heterocycles. The van der Waals surface area contributed by atoms with E-state index in [0.717, 1.165) is 30.5 Å². The molecule has 0 radical (unpaired) electrons. The van der Waals surface area contributed by atoms with Gasteiger partial charge in [-0.2, -0.15) is 4.37 Å². The maximum Gasteiger partial charge on any atom is 0.257 e. The number of hydrogen-bond donors (Lipinski definition) is 0. The van der Waals surface area contributed by atoms with Crippen molar-refractivity contribution < 1.29 is 9.53 Å². The van der Waals surface area contributed by atoms with Gasteiger partial charge in [0.25, 0.3) is 5.91 Å². The van der Waals surface area contributed by atoms with Gasteiger partial charge in [-0.3, -0.25) is 4.79 Å². The minimum Gasteiger partial charge on any atom is -0.496 e. The molecule has 150 valence electrons. The standard InChI is InChI=1S/C22H24N4O2S/c1-16-15-25(22-23-20(24-29-22)14-17-8-4-3-5-9-17)12-13-26(16)21(27)18-10-6-7-11-19(18)28-2/h3-11,16H,12-15H2,1-2H3. The summed E-state index contributed by atoms with van der Waals surface area (Å²) >= 11 is 1.43. The third-order valence-corrected chi connectivity index (χ3v) is 5.97. The largest absolute Gasteiger partial charge is 0.496 e. The molecule has 1 saturated heterocycles. The third-order valence-electron chi connectivity index (χ3n) is 5.16. The number of amides is 1. The quantitative estimate of drug-likeness (QED) is 0.647. The topological polar surface area (TPSA) is 58.6 Å². The summed E-state index contributed by atoms with van der Waals surface area (Å²) < 4.78 is 9.89. The van der Waals surface area contributed by atoms with Crippen molar-refractivity contribution in [2.45, 2.75) is 19.4 Å². The molecular weight excluding hydrogens is 384 g/mol. The fourth-order valence-electron chi connectivity index (χ4n) is 3.63. The van der Waals surface area contributed by atoms with Gasteiger partial charge in [0, 0.05) is 43.6 Å². The summed E-state index contributed by atoms with van der Waals surface area (Å²) in [7, 11) is 1.59. The van der Waals surface area contributed by atoms with Gasteiger partial charge in [-0.05, 0) is 24.6 Å². The van der Waals surface area contributed by atoms with Crippen molar-refractivity contribution in [3.05, 3.63) is 71.5 Å². The van der Waals surface area contributed by atoms with Gasteiger partial charge in [-0.25, -0.2) is 4.98 Å². The molecule has 1 fully saturated rings. The summed E-state index contributed by atoms with van der Waals surface area (Å²) in [6.07, 6.45) is 0.735. The number of aromatic nitrogens is 2. The Hall–Kier alpha value is -2.93. The third kappa shape index (κ3) is 4.24. The highest BCUT2D eigenvalue weighted by molar-refractivity contribution is 7.09. The maximum absolute atomic E-state index is 13.0. The molecule has 1 amide bonds. The van der Waals surface area contributed by atoms with E-state index >= 15 is 0 Å². The number of para-hydroxylation sites is 1. The first-order valence-electron chi connectivity index (χ1n) is 9.71. The molecule has 0 bridgehead atoms. The van der Waals surface area contributed by atoms with Gasteiger partial charge < -0.3 is 14.5 Å². The van der Waals surface area contributed by atoms with Crippen molar-refractivity contribution in [2.75, 3.05) is 31.6 Å². The number of benzene rings is 2. The number of methoxy groups -OCH3 is 1. The Labute approximate surface area is 174 Å². The number of hydrogen-bond acceptors (Lipinski definition) is 6. The molecule has 0 saturated carbocycles. The maximum atomic E-state index is 13.0. The normalized spacial score (nSPS) is 16.7. The Morgan fingerprint density at radius 1 is 1.14 bits per heavy atom. The SMILES string of the molecule is COc1ccccc1C(=O)N1CCN(c2nc(Cc3ccccc3)ns2)CC1C. The molecule has 0 spiro atoms. The predicted molar refractivity (Wildman–Crippen MR) is 115 cm³/mol. The highest BCUT2D eigenvalue weighted by Crippen LogP contribution is 2.25. The molecule has 0 aliphatic carbocycles. The zero-order valence-corrected chi connectivity index (χ0v) is 17.4. The van der Waals surface area contributed by atoms with Gasteiger partial charge in [0.2, 0.25) is 5.13 Å². The van der Waals surface area contributed by atoms with Crippen molar-refractivity contribution >= 4 is 22.6 Å². The zero-order chi connectivity index (χ0) is 20.2. The lowest BCUT2D eigenvalue weighted by Gasteiger charge is -2.39. The van der Waals surface area contributed by atoms with Gasteiger partial charge >= 0.3 is 0 Å². The second-order valence-corrected chi connectivity index (χ2v) is 7.88. The van der Waals surface area contributed by atoms with Crippen LogP contribution in [0.4, 0.5) is 5.13 Å². The van der Waals surface area contributed by atoms with E-state index in [1.165, 1.54) is 17.1 Å². The summed E-state index contributed by atoms with van der Waals surface area (Å²) in [5.41, 5.74) is 1.81. The summed E-state index contributed by atoms with van der Waals surface area (Å²) in [5, 5.41) is 0.923. The van der Waals surface area contributed by atoms with Crippen LogP contribution in [-0.4, -0.2) is 53.0 Å². The van der Waals surface area contributed by atoms with Crippen LogP contribution in [0.15, 0.2) is 54.6 Å². The molecule has 29 heavy (non-hydrogen) atoms. The minimum atomic E-state index is 0.0108. The van der Waals surface area contributed by atoms with Crippen LogP contribution in [0.2, 0.25) is 0 Å². The van der Waals surface area contributed by atoms with Crippen LogP contribution in [0.25, 0.3) is 0 Å². The van der Waals surface area contributed by atoms with Crippen molar-refractivity contribution in [1.82, 2.24) is 14.3 Å². The summed E-state index contributed by atoms with van der Waals surface area (Å²) in [6.45, 7) is 4.20. The Balaban J connectivity index is 1.42. The molecule has 6 nitrogen and oxygen atoms in total. The van der Waals surface area contributed by atoms with Crippen molar-refractivity contribution in [1.29, 1.82) is 0 Å². The zero-order valence-electron chi connectivity index (χ0n) is 16.6. The molecule has 1 aromatic heterocycles. The first kappa shape index (κ1) is 19.4. The van der Waals surface area contributed by atoms with Crippen LogP contribution < -0.4 is 9.64 Å². The molecule has 1 unspecified atom stereocenters. The van der Waals surface area contributed by atoms with E-state index in [0.29, 0.717) is 17.9 Å². The van der Waals surface area contributed by atoms with Gasteiger partial charge in [-0.15, -0.1) is 0 Å². The Morgan fingerprint density at radius 2 is 1.90 bits per heavy atom. The molecule has 1 atom stereocenters. The number of ether oxygens (including phenoxy) is 1. The van der Waals surface area contributed by atoms with E-state index in [1.807, 2.05) is 47.4 Å². The van der Waals surface area contributed by atoms with Crippen molar-refractivity contribution in [3.8, 4) is 5.75 Å². The Morgan fingerprint density at radius 3 is 2.66 bits per heavy atom. The van der Waals surface area contributed by atoms with E-state index < -0.39 is 0 Å². The lowest BCUT2D eigenvalue weighted by molar-refractivity contribution is 0.0670. The van der Waals surface area contributed by atoms with Crippen LogP contribution in [0.5, 0.6) is 5.75 Å². The molecule has 1 aliphatic heterocycles. The summed E-state index contributed by atoms with van der Waals surface area (Å²) in [4.78, 5) is 21.9. The van der Waals surface area contributed by atoms with E-state index in [-0.39, 0.29) is 11.9 Å². The average Bonchev–Trinajstić information content (AvgIpc) is 3.22. The fraction of sp³-hybridized carbons (Fsp3) is 0.318. The monoisotopic (exact) mass is 408 g/mol. The molecular formula is C22H24N4O2S. The van der Waals surface area contributed by atoms with Crippen LogP contribution >= 0.6 is 11.5 Å². The number of piperazine rings is 1. The highest BCUT2D eigenvalue weighted by atomic mass is 32.1. The van der Waals surface area contributed by atoms with E-state index in [4.69, 9.17) is 9.72 Å². The average molecular weight is 409 g/mol. The molecule has 3 aromatic rings. The number of rotatable bonds is 5. The van der Waals surface area contributed by atoms with E-state index in [1.54, 1.807) is 7.11 Å². The highest BCUT2D eigenvalue weighted by Gasteiger charge is 2.30. The Bertz CT molecular complexity index is 976. The molecule has 0 N–H and O–H groups in total. The van der Waals surface area contributed by atoms with Crippen LogP contribution in [-0.2, 0) is 6.42 Å². The number of carbonyl (C=O) groups excluding carboxylic acids is 1. The van der Waals surface area contributed by atoms with Gasteiger partial charge in [0.05, 0.1) is 12.7 Å². The fourth-order valence-corrected chi connectivity index (χ4v) is 4.35. The van der Waals surface area contributed by atoms with E-state index in [9.17, 15) is 4.79 Å². The van der Waals surface area contributed by atoms with Crippen LogP contribution in [0.3, 0.4) is 0 Å². The number of nitrogens with zero attached hydrogens (tertiary/aromatic N) is 4. The summed E-state index contributed by atoms with van der Waals surface area (Å²) in [6, 6.07) is 17.7. The number of carbonyl (C=O) groups is 1. The molecule has 7 heteroatoms. The van der Waals surface area contributed by atoms with E-state index in [2.05, 4.69) is 28.3 Å². The molecule has 1 aliphatic rings. The first-order chi connectivity index (χ1) is 14.2. The van der Waals surface area contributed by atoms with Crippen molar-refractivity contribution in [3.63, 3.8) is 0 Å². The van der Waals surface area contributed by atoms with Gasteiger partial charge in [0.15, 0.2) is 0 Å². The second kappa shape index (κ2) is 8.61. The minimum absolute atomic E-state index is 0.0108. The smallest absolute Gasteiger partial charge is 0.257 e.